The summed E-state index contributed by atoms with van der Waals surface area (Å²) in [5.41, 5.74) is 0.400. The maximum atomic E-state index is 13.2. The number of thiocarbonyl (C=S) groups is 1. The number of carbonyl (C=O) groups is 1. The first-order valence-electron chi connectivity index (χ1n) is 10.0. The lowest BCUT2D eigenvalue weighted by atomic mass is 10.2. The van der Waals surface area contributed by atoms with Gasteiger partial charge in [-0.1, -0.05) is 30.0 Å². The predicted molar refractivity (Wildman–Crippen MR) is 129 cm³/mol. The first-order valence-corrected chi connectivity index (χ1v) is 13.1. The van der Waals surface area contributed by atoms with Gasteiger partial charge in [-0.15, -0.1) is 0 Å². The number of thioether (sulfide) groups is 1. The SMILES string of the molecule is COCCCNc1nc2ccccn2c(=O)c1/C=C1/SC(=S)N(C2CCS(=O)(=O)C2)C1=O. The maximum absolute atomic E-state index is 13.2. The van der Waals surface area contributed by atoms with E-state index in [1.807, 2.05) is 0 Å². The lowest BCUT2D eigenvalue weighted by Crippen LogP contribution is -2.39. The second-order valence-corrected chi connectivity index (χ2v) is 11.4. The Morgan fingerprint density at radius 2 is 2.19 bits per heavy atom. The lowest BCUT2D eigenvalue weighted by Gasteiger charge is -2.20. The number of nitrogens with zero attached hydrogens (tertiary/aromatic N) is 3. The van der Waals surface area contributed by atoms with Crippen LogP contribution in [0.25, 0.3) is 11.7 Å². The Morgan fingerprint density at radius 1 is 1.38 bits per heavy atom. The largest absolute Gasteiger partial charge is 0.385 e. The number of pyridine rings is 1. The van der Waals surface area contributed by atoms with E-state index in [4.69, 9.17) is 17.0 Å². The van der Waals surface area contributed by atoms with Crippen molar-refractivity contribution in [1.82, 2.24) is 14.3 Å². The zero-order valence-electron chi connectivity index (χ0n) is 17.3. The van der Waals surface area contributed by atoms with Crippen molar-refractivity contribution in [1.29, 1.82) is 0 Å². The van der Waals surface area contributed by atoms with Crippen LogP contribution < -0.4 is 10.9 Å². The third-order valence-electron chi connectivity index (χ3n) is 5.26. The molecule has 2 aromatic heterocycles. The maximum Gasteiger partial charge on any atom is 0.267 e. The highest BCUT2D eigenvalue weighted by Gasteiger charge is 2.42. The van der Waals surface area contributed by atoms with Crippen molar-refractivity contribution in [3.63, 3.8) is 0 Å². The van der Waals surface area contributed by atoms with Crippen molar-refractivity contribution in [3.05, 3.63) is 45.2 Å². The first kappa shape index (κ1) is 22.9. The summed E-state index contributed by atoms with van der Waals surface area (Å²) >= 11 is 6.44. The van der Waals surface area contributed by atoms with E-state index < -0.39 is 15.9 Å². The van der Waals surface area contributed by atoms with Crippen molar-refractivity contribution in [2.45, 2.75) is 18.9 Å². The number of ether oxygens (including phenoxy) is 1. The first-order chi connectivity index (χ1) is 15.3. The Bertz CT molecular complexity index is 1270. The number of methoxy groups -OCH3 is 1. The zero-order valence-corrected chi connectivity index (χ0v) is 19.8. The van der Waals surface area contributed by atoms with Gasteiger partial charge < -0.3 is 10.1 Å². The number of nitrogens with one attached hydrogen (secondary N) is 1. The molecule has 1 amide bonds. The highest BCUT2D eigenvalue weighted by Crippen LogP contribution is 2.36. The molecule has 0 saturated carbocycles. The monoisotopic (exact) mass is 494 g/mol. The number of anilines is 1. The third-order valence-corrected chi connectivity index (χ3v) is 8.34. The van der Waals surface area contributed by atoms with Crippen molar-refractivity contribution in [2.75, 3.05) is 37.1 Å². The fraction of sp³-hybridized carbons (Fsp3) is 0.400. The number of aromatic nitrogens is 2. The summed E-state index contributed by atoms with van der Waals surface area (Å²) in [6.45, 7) is 1.09. The lowest BCUT2D eigenvalue weighted by molar-refractivity contribution is -0.123. The molecule has 0 bridgehead atoms. The summed E-state index contributed by atoms with van der Waals surface area (Å²) in [5.74, 6) is -0.0747. The molecule has 2 fully saturated rings. The minimum atomic E-state index is -3.17. The molecule has 0 aliphatic carbocycles. The Balaban J connectivity index is 1.70. The Morgan fingerprint density at radius 3 is 2.91 bits per heavy atom. The van der Waals surface area contributed by atoms with Gasteiger partial charge in [-0.2, -0.15) is 0 Å². The van der Waals surface area contributed by atoms with E-state index in [-0.39, 0.29) is 33.4 Å². The van der Waals surface area contributed by atoms with Gasteiger partial charge in [-0.25, -0.2) is 13.4 Å². The van der Waals surface area contributed by atoms with Gasteiger partial charge in [-0.3, -0.25) is 18.9 Å². The number of hydrogen-bond acceptors (Lipinski definition) is 9. The van der Waals surface area contributed by atoms with Crippen LogP contribution in [-0.4, -0.2) is 70.7 Å². The molecule has 2 saturated heterocycles. The Kier molecular flexibility index (Phi) is 6.65. The highest BCUT2D eigenvalue weighted by atomic mass is 32.2. The number of amides is 1. The molecular weight excluding hydrogens is 472 g/mol. The van der Waals surface area contributed by atoms with Gasteiger partial charge in [0.2, 0.25) is 0 Å². The molecule has 2 aliphatic rings. The summed E-state index contributed by atoms with van der Waals surface area (Å²) < 4.78 is 30.5. The van der Waals surface area contributed by atoms with Gasteiger partial charge in [0, 0.05) is 26.5 Å². The average Bonchev–Trinajstić information content (AvgIpc) is 3.25. The van der Waals surface area contributed by atoms with E-state index in [1.54, 1.807) is 31.5 Å². The summed E-state index contributed by atoms with van der Waals surface area (Å²) in [6.07, 6.45) is 4.18. The van der Waals surface area contributed by atoms with Crippen LogP contribution >= 0.6 is 24.0 Å². The molecule has 0 aromatic carbocycles. The summed E-state index contributed by atoms with van der Waals surface area (Å²) in [7, 11) is -1.56. The normalized spacial score (nSPS) is 21.7. The van der Waals surface area contributed by atoms with Crippen LogP contribution in [0, 0.1) is 0 Å². The molecule has 4 rings (SSSR count). The van der Waals surface area contributed by atoms with Crippen LogP contribution in [0.15, 0.2) is 34.1 Å². The van der Waals surface area contributed by atoms with Crippen LogP contribution in [0.5, 0.6) is 0 Å². The van der Waals surface area contributed by atoms with E-state index >= 15 is 0 Å². The van der Waals surface area contributed by atoms with Gasteiger partial charge in [0.15, 0.2) is 9.84 Å². The summed E-state index contributed by atoms with van der Waals surface area (Å²) in [4.78, 5) is 32.5. The second kappa shape index (κ2) is 9.30. The standard InChI is InChI=1S/C20H22N4O5S3/c1-29-9-4-7-21-17-14(18(25)23-8-3-2-5-16(23)22-17)11-15-19(26)24(20(30)31-15)13-6-10-32(27,28)12-13/h2-3,5,8,11,13,21H,4,6-7,9-10,12H2,1H3/b15-11+. The minimum absolute atomic E-state index is 0.0409. The molecule has 1 unspecified atom stereocenters. The quantitative estimate of drug-likeness (QED) is 0.348. The number of hydrogen-bond donors (Lipinski definition) is 1. The molecule has 2 aromatic rings. The van der Waals surface area contributed by atoms with Gasteiger partial charge in [0.1, 0.15) is 15.8 Å². The number of sulfone groups is 1. The van der Waals surface area contributed by atoms with Crippen LogP contribution in [0.1, 0.15) is 18.4 Å². The van der Waals surface area contributed by atoms with Gasteiger partial charge >= 0.3 is 0 Å². The van der Waals surface area contributed by atoms with Crippen molar-refractivity contribution in [3.8, 4) is 0 Å². The molecule has 0 spiro atoms. The predicted octanol–water partition coefficient (Wildman–Crippen LogP) is 1.53. The molecule has 0 radical (unpaired) electrons. The van der Waals surface area contributed by atoms with Gasteiger partial charge in [-0.05, 0) is 31.1 Å². The Hall–Kier alpha value is -2.28. The van der Waals surface area contributed by atoms with Crippen LogP contribution in [0.3, 0.4) is 0 Å². The Labute approximate surface area is 194 Å². The van der Waals surface area contributed by atoms with Gasteiger partial charge in [0.05, 0.1) is 28.0 Å². The smallest absolute Gasteiger partial charge is 0.267 e. The fourth-order valence-electron chi connectivity index (χ4n) is 3.70. The third kappa shape index (κ3) is 4.58. The fourth-order valence-corrected chi connectivity index (χ4v) is 6.78. The topological polar surface area (TPSA) is 110 Å². The minimum Gasteiger partial charge on any atom is -0.385 e. The second-order valence-electron chi connectivity index (χ2n) is 7.49. The van der Waals surface area contributed by atoms with E-state index in [0.29, 0.717) is 41.8 Å². The average molecular weight is 495 g/mol. The van der Waals surface area contributed by atoms with Crippen molar-refractivity contribution >= 4 is 61.6 Å². The van der Waals surface area contributed by atoms with Crippen molar-refractivity contribution < 1.29 is 17.9 Å². The molecule has 170 valence electrons. The molecule has 9 nitrogen and oxygen atoms in total. The molecular formula is C20H22N4O5S3. The number of rotatable bonds is 7. The molecule has 12 heteroatoms. The zero-order chi connectivity index (χ0) is 22.9. The van der Waals surface area contributed by atoms with Crippen LogP contribution in [-0.2, 0) is 19.4 Å². The van der Waals surface area contributed by atoms with E-state index in [9.17, 15) is 18.0 Å². The molecule has 2 aliphatic heterocycles. The summed E-state index contributed by atoms with van der Waals surface area (Å²) in [6, 6.07) is 4.77. The van der Waals surface area contributed by atoms with Crippen LogP contribution in [0.2, 0.25) is 0 Å². The number of carbonyl (C=O) groups excluding carboxylic acids is 1. The van der Waals surface area contributed by atoms with Crippen molar-refractivity contribution in [2.24, 2.45) is 0 Å². The van der Waals surface area contributed by atoms with Crippen LogP contribution in [0.4, 0.5) is 5.82 Å². The summed E-state index contributed by atoms with van der Waals surface area (Å²) in [5, 5.41) is 3.16. The molecule has 32 heavy (non-hydrogen) atoms. The van der Waals surface area contributed by atoms with E-state index in [1.165, 1.54) is 15.4 Å². The molecule has 1 atom stereocenters. The highest BCUT2D eigenvalue weighted by molar-refractivity contribution is 8.26. The van der Waals surface area contributed by atoms with E-state index in [2.05, 4.69) is 10.3 Å². The molecule has 1 N–H and O–H groups in total. The number of fused-ring (bicyclic) bond motifs is 1. The van der Waals surface area contributed by atoms with Gasteiger partial charge in [0.25, 0.3) is 11.5 Å². The molecule has 4 heterocycles. The van der Waals surface area contributed by atoms with E-state index in [0.717, 1.165) is 11.8 Å².